The molecule has 0 spiro atoms. The van der Waals surface area contributed by atoms with Crippen molar-refractivity contribution in [3.05, 3.63) is 57.9 Å². The van der Waals surface area contributed by atoms with Crippen LogP contribution in [0.15, 0.2) is 36.5 Å². The van der Waals surface area contributed by atoms with Gasteiger partial charge in [0.25, 0.3) is 5.69 Å². The highest BCUT2D eigenvalue weighted by atomic mass is 19.4. The molecule has 0 N–H and O–H groups in total. The minimum absolute atomic E-state index is 0.136. The zero-order chi connectivity index (χ0) is 21.0. The number of piperidine rings is 1. The Morgan fingerprint density at radius 1 is 1.31 bits per heavy atom. The molecular weight excluding hydrogens is 393 g/mol. The van der Waals surface area contributed by atoms with Crippen molar-refractivity contribution in [2.45, 2.75) is 31.5 Å². The lowest BCUT2D eigenvalue weighted by Gasteiger charge is -2.32. The maximum atomic E-state index is 12.8. The molecule has 0 saturated carbocycles. The van der Waals surface area contributed by atoms with Gasteiger partial charge in [0.15, 0.2) is 5.69 Å². The number of aromatic nitrogens is 2. The smallest absolute Gasteiger partial charge is 0.433 e. The van der Waals surface area contributed by atoms with Crippen molar-refractivity contribution in [2.24, 2.45) is 0 Å². The predicted molar refractivity (Wildman–Crippen MR) is 94.1 cm³/mol. The number of benzene rings is 1. The molecule has 1 aromatic heterocycles. The van der Waals surface area contributed by atoms with E-state index in [1.807, 2.05) is 0 Å². The topological polar surface area (TPSA) is 98.5 Å². The maximum absolute atomic E-state index is 12.8. The van der Waals surface area contributed by atoms with Gasteiger partial charge in [-0.3, -0.25) is 14.9 Å². The van der Waals surface area contributed by atoms with Crippen LogP contribution in [0.5, 0.6) is 6.01 Å². The van der Waals surface area contributed by atoms with Gasteiger partial charge in [-0.1, -0.05) is 18.2 Å². The van der Waals surface area contributed by atoms with Crippen LogP contribution >= 0.6 is 0 Å². The highest BCUT2D eigenvalue weighted by molar-refractivity contribution is 5.80. The Bertz CT molecular complexity index is 907. The Kier molecular flexibility index (Phi) is 5.95. The Morgan fingerprint density at radius 3 is 2.79 bits per heavy atom. The number of alkyl halides is 3. The van der Waals surface area contributed by atoms with Crippen LogP contribution in [0.3, 0.4) is 0 Å². The van der Waals surface area contributed by atoms with Crippen molar-refractivity contribution < 1.29 is 27.6 Å². The van der Waals surface area contributed by atoms with E-state index >= 15 is 0 Å². The molecule has 2 heterocycles. The molecule has 11 heteroatoms. The van der Waals surface area contributed by atoms with E-state index in [1.54, 1.807) is 6.07 Å². The SMILES string of the molecule is O=C(Cc1ccccc1[N+](=O)[O-])N1CCCC(Oc2nccc(C(F)(F)F)n2)C1. The summed E-state index contributed by atoms with van der Waals surface area (Å²) in [4.78, 5) is 31.7. The van der Waals surface area contributed by atoms with E-state index in [2.05, 4.69) is 9.97 Å². The second kappa shape index (κ2) is 8.41. The molecule has 154 valence electrons. The highest BCUT2D eigenvalue weighted by Gasteiger charge is 2.33. The number of likely N-dealkylation sites (tertiary alicyclic amines) is 1. The second-order valence-electron chi connectivity index (χ2n) is 6.51. The van der Waals surface area contributed by atoms with Crippen molar-refractivity contribution in [3.8, 4) is 6.01 Å². The summed E-state index contributed by atoms with van der Waals surface area (Å²) in [5.74, 6) is -0.322. The molecule has 1 aromatic carbocycles. The number of rotatable bonds is 5. The molecule has 29 heavy (non-hydrogen) atoms. The largest absolute Gasteiger partial charge is 0.458 e. The second-order valence-corrected chi connectivity index (χ2v) is 6.51. The van der Waals surface area contributed by atoms with E-state index in [4.69, 9.17) is 4.74 Å². The van der Waals surface area contributed by atoms with Crippen LogP contribution in [0.2, 0.25) is 0 Å². The fourth-order valence-electron chi connectivity index (χ4n) is 3.08. The lowest BCUT2D eigenvalue weighted by atomic mass is 10.1. The molecule has 1 aliphatic heterocycles. The van der Waals surface area contributed by atoms with Crippen LogP contribution < -0.4 is 4.74 Å². The zero-order valence-electron chi connectivity index (χ0n) is 15.1. The first-order valence-electron chi connectivity index (χ1n) is 8.81. The van der Waals surface area contributed by atoms with E-state index in [-0.39, 0.29) is 24.6 Å². The Morgan fingerprint density at radius 2 is 2.07 bits per heavy atom. The number of amides is 1. The number of nitro groups is 1. The summed E-state index contributed by atoms with van der Waals surface area (Å²) in [6, 6.07) is 6.32. The summed E-state index contributed by atoms with van der Waals surface area (Å²) in [7, 11) is 0. The molecule has 1 amide bonds. The Hall–Kier alpha value is -3.24. The molecule has 3 rings (SSSR count). The number of para-hydroxylation sites is 1. The van der Waals surface area contributed by atoms with Crippen LogP contribution in [0, 0.1) is 10.1 Å². The number of nitrogens with zero attached hydrogens (tertiary/aromatic N) is 4. The molecule has 0 aliphatic carbocycles. The summed E-state index contributed by atoms with van der Waals surface area (Å²) >= 11 is 0. The first kappa shape index (κ1) is 20.5. The minimum Gasteiger partial charge on any atom is -0.458 e. The summed E-state index contributed by atoms with van der Waals surface area (Å²) in [5.41, 5.74) is -0.947. The van der Waals surface area contributed by atoms with Crippen molar-refractivity contribution in [3.63, 3.8) is 0 Å². The van der Waals surface area contributed by atoms with Gasteiger partial charge < -0.3 is 9.64 Å². The molecular formula is C18H17F3N4O4. The summed E-state index contributed by atoms with van der Waals surface area (Å²) < 4.78 is 43.8. The quantitative estimate of drug-likeness (QED) is 0.555. The van der Waals surface area contributed by atoms with Gasteiger partial charge in [-0.05, 0) is 18.9 Å². The maximum Gasteiger partial charge on any atom is 0.433 e. The molecule has 1 saturated heterocycles. The molecule has 1 aliphatic rings. The number of nitro benzene ring substituents is 1. The van der Waals surface area contributed by atoms with Crippen LogP contribution in [-0.4, -0.2) is 44.9 Å². The van der Waals surface area contributed by atoms with E-state index in [1.165, 1.54) is 23.1 Å². The number of hydrogen-bond acceptors (Lipinski definition) is 6. The van der Waals surface area contributed by atoms with Crippen molar-refractivity contribution in [2.75, 3.05) is 13.1 Å². The zero-order valence-corrected chi connectivity index (χ0v) is 15.1. The molecule has 1 atom stereocenters. The lowest BCUT2D eigenvalue weighted by molar-refractivity contribution is -0.385. The summed E-state index contributed by atoms with van der Waals surface area (Å²) in [6.07, 6.45) is -3.27. The van der Waals surface area contributed by atoms with Crippen molar-refractivity contribution in [1.82, 2.24) is 14.9 Å². The number of hydrogen-bond donors (Lipinski definition) is 0. The number of carbonyl (C=O) groups is 1. The van der Waals surface area contributed by atoms with Crippen LogP contribution in [0.1, 0.15) is 24.1 Å². The van der Waals surface area contributed by atoms with Gasteiger partial charge in [-0.15, -0.1) is 0 Å². The molecule has 1 unspecified atom stereocenters. The third kappa shape index (κ3) is 5.18. The third-order valence-electron chi connectivity index (χ3n) is 4.46. The van der Waals surface area contributed by atoms with E-state index in [0.29, 0.717) is 24.9 Å². The number of carbonyl (C=O) groups excluding carboxylic acids is 1. The average molecular weight is 410 g/mol. The highest BCUT2D eigenvalue weighted by Crippen LogP contribution is 2.28. The normalized spacial score (nSPS) is 17.1. The molecule has 8 nitrogen and oxygen atoms in total. The van der Waals surface area contributed by atoms with Crippen molar-refractivity contribution >= 4 is 11.6 Å². The monoisotopic (exact) mass is 410 g/mol. The minimum atomic E-state index is -4.61. The van der Waals surface area contributed by atoms with E-state index in [9.17, 15) is 28.1 Å². The van der Waals surface area contributed by atoms with Crippen molar-refractivity contribution in [1.29, 1.82) is 0 Å². The molecule has 0 bridgehead atoms. The van der Waals surface area contributed by atoms with Gasteiger partial charge in [0, 0.05) is 24.4 Å². The van der Waals surface area contributed by atoms with Gasteiger partial charge >= 0.3 is 12.2 Å². The first-order valence-corrected chi connectivity index (χ1v) is 8.81. The van der Waals surface area contributed by atoms with E-state index in [0.717, 1.165) is 12.3 Å². The van der Waals surface area contributed by atoms with Gasteiger partial charge in [-0.2, -0.15) is 18.2 Å². The predicted octanol–water partition coefficient (Wildman–Crippen LogP) is 3.02. The number of halogens is 3. The van der Waals surface area contributed by atoms with Gasteiger partial charge in [0.05, 0.1) is 17.9 Å². The first-order chi connectivity index (χ1) is 13.7. The number of ether oxygens (including phenoxy) is 1. The van der Waals surface area contributed by atoms with Crippen LogP contribution in [0.4, 0.5) is 18.9 Å². The lowest BCUT2D eigenvalue weighted by Crippen LogP contribution is -2.45. The molecule has 2 aromatic rings. The fraction of sp³-hybridized carbons (Fsp3) is 0.389. The Balaban J connectivity index is 1.65. The van der Waals surface area contributed by atoms with Gasteiger partial charge in [-0.25, -0.2) is 4.98 Å². The third-order valence-corrected chi connectivity index (χ3v) is 4.46. The Labute approximate surface area is 163 Å². The molecule has 0 radical (unpaired) electrons. The fourth-order valence-corrected chi connectivity index (χ4v) is 3.08. The van der Waals surface area contributed by atoms with Crippen LogP contribution in [0.25, 0.3) is 0 Å². The van der Waals surface area contributed by atoms with Gasteiger partial charge in [0.1, 0.15) is 6.10 Å². The van der Waals surface area contributed by atoms with Gasteiger partial charge in [0.2, 0.25) is 5.91 Å². The summed E-state index contributed by atoms with van der Waals surface area (Å²) in [5, 5.41) is 11.1. The standard InChI is InChI=1S/C18H17F3N4O4/c19-18(20,21)15-7-8-22-17(23-15)29-13-5-3-9-24(11-13)16(26)10-12-4-1-2-6-14(12)25(27)28/h1-2,4,6-8,13H,3,5,9-11H2. The average Bonchev–Trinajstić information content (AvgIpc) is 2.68. The van der Waals surface area contributed by atoms with Crippen LogP contribution in [-0.2, 0) is 17.4 Å². The summed E-state index contributed by atoms with van der Waals surface area (Å²) in [6.45, 7) is 0.571. The molecule has 1 fully saturated rings. The van der Waals surface area contributed by atoms with E-state index < -0.39 is 28.9 Å².